The number of benzene rings is 1. The number of nitriles is 1. The molecule has 0 atom stereocenters. The number of pyridine rings is 1. The summed E-state index contributed by atoms with van der Waals surface area (Å²) in [4.78, 5) is 18.0. The van der Waals surface area contributed by atoms with E-state index in [4.69, 9.17) is 9.40 Å². The fraction of sp³-hybridized carbons (Fsp3) is 0.217. The summed E-state index contributed by atoms with van der Waals surface area (Å²) in [5.41, 5.74) is 1.86. The van der Waals surface area contributed by atoms with Crippen LogP contribution in [0.5, 0.6) is 0 Å². The van der Waals surface area contributed by atoms with Gasteiger partial charge >= 0.3 is 0 Å². The number of nitrogens with one attached hydrogen (secondary N) is 1. The molecule has 7 heteroatoms. The monoisotopic (exact) mass is 397 g/mol. The molecule has 0 unspecified atom stereocenters. The third-order valence-corrected chi connectivity index (χ3v) is 5.58. The van der Waals surface area contributed by atoms with E-state index in [0.29, 0.717) is 41.7 Å². The quantitative estimate of drug-likeness (QED) is 0.551. The van der Waals surface area contributed by atoms with Crippen molar-refractivity contribution >= 4 is 16.9 Å². The number of hydrogen-bond acceptors (Lipinski definition) is 5. The highest BCUT2D eigenvalue weighted by atomic mass is 16.3. The lowest BCUT2D eigenvalue weighted by Gasteiger charge is -2.35. The summed E-state index contributed by atoms with van der Waals surface area (Å²) < 4.78 is 7.17. The van der Waals surface area contributed by atoms with E-state index in [1.54, 1.807) is 23.2 Å². The van der Waals surface area contributed by atoms with Crippen LogP contribution in [0.4, 0.5) is 0 Å². The summed E-state index contributed by atoms with van der Waals surface area (Å²) in [6.07, 6.45) is 5.55. The number of amides is 1. The smallest absolute Gasteiger partial charge is 0.253 e. The third-order valence-electron chi connectivity index (χ3n) is 5.58. The number of hydrogen-bond donors (Lipinski definition) is 1. The van der Waals surface area contributed by atoms with E-state index in [2.05, 4.69) is 16.5 Å². The molecule has 1 saturated carbocycles. The standard InChI is InChI=1S/C23H19N5O2/c24-15-23(9-5-10-23)27-22(29)18-12-20(16-6-2-1-3-7-16)26-21-19(18)13-25-28(21)14-17-8-4-11-30-17/h1-4,6-8,11-13H,5,9-10,14H2,(H,27,29). The lowest BCUT2D eigenvalue weighted by molar-refractivity contribution is 0.0883. The van der Waals surface area contributed by atoms with Gasteiger partial charge in [0.2, 0.25) is 0 Å². The second-order valence-electron chi connectivity index (χ2n) is 7.54. The molecule has 148 valence electrons. The van der Waals surface area contributed by atoms with Gasteiger partial charge in [0.25, 0.3) is 5.91 Å². The van der Waals surface area contributed by atoms with Crippen molar-refractivity contribution in [3.8, 4) is 17.3 Å². The minimum Gasteiger partial charge on any atom is -0.467 e. The Labute approximate surface area is 173 Å². The van der Waals surface area contributed by atoms with Gasteiger partial charge < -0.3 is 9.73 Å². The Kier molecular flexibility index (Phi) is 4.32. The first-order valence-electron chi connectivity index (χ1n) is 9.86. The van der Waals surface area contributed by atoms with Gasteiger partial charge in [0, 0.05) is 5.56 Å². The first-order valence-corrected chi connectivity index (χ1v) is 9.86. The Morgan fingerprint density at radius 1 is 1.23 bits per heavy atom. The summed E-state index contributed by atoms with van der Waals surface area (Å²) in [6, 6.07) is 17.4. The summed E-state index contributed by atoms with van der Waals surface area (Å²) in [6.45, 7) is 0.408. The van der Waals surface area contributed by atoms with Gasteiger partial charge in [0.15, 0.2) is 5.65 Å². The zero-order chi connectivity index (χ0) is 20.6. The molecule has 1 N–H and O–H groups in total. The average Bonchev–Trinajstić information content (AvgIpc) is 3.41. The van der Waals surface area contributed by atoms with Crippen LogP contribution >= 0.6 is 0 Å². The number of furan rings is 1. The van der Waals surface area contributed by atoms with Crippen LogP contribution in [0.15, 0.2) is 65.4 Å². The van der Waals surface area contributed by atoms with E-state index < -0.39 is 5.54 Å². The largest absolute Gasteiger partial charge is 0.467 e. The average molecular weight is 397 g/mol. The molecule has 5 rings (SSSR count). The fourth-order valence-corrected chi connectivity index (χ4v) is 3.74. The Morgan fingerprint density at radius 2 is 2.07 bits per heavy atom. The second-order valence-corrected chi connectivity index (χ2v) is 7.54. The van der Waals surface area contributed by atoms with Crippen molar-refractivity contribution in [1.82, 2.24) is 20.1 Å². The first kappa shape index (κ1) is 18.1. The third kappa shape index (κ3) is 3.12. The number of fused-ring (bicyclic) bond motifs is 1. The Bertz CT molecular complexity index is 1250. The van der Waals surface area contributed by atoms with Crippen molar-refractivity contribution in [3.05, 3.63) is 72.3 Å². The second kappa shape index (κ2) is 7.16. The number of nitrogens with zero attached hydrogens (tertiary/aromatic N) is 4. The maximum Gasteiger partial charge on any atom is 0.253 e. The van der Waals surface area contributed by atoms with Gasteiger partial charge in [-0.1, -0.05) is 30.3 Å². The van der Waals surface area contributed by atoms with Crippen molar-refractivity contribution in [3.63, 3.8) is 0 Å². The highest BCUT2D eigenvalue weighted by Gasteiger charge is 2.39. The van der Waals surface area contributed by atoms with Gasteiger partial charge in [-0.2, -0.15) is 10.4 Å². The van der Waals surface area contributed by atoms with Gasteiger partial charge in [0.05, 0.1) is 35.2 Å². The van der Waals surface area contributed by atoms with Crippen LogP contribution in [-0.2, 0) is 6.54 Å². The fourth-order valence-electron chi connectivity index (χ4n) is 3.74. The molecule has 1 fully saturated rings. The van der Waals surface area contributed by atoms with E-state index in [-0.39, 0.29) is 5.91 Å². The normalized spacial score (nSPS) is 14.8. The highest BCUT2D eigenvalue weighted by Crippen LogP contribution is 2.32. The Balaban J connectivity index is 1.62. The molecule has 3 aromatic heterocycles. The topological polar surface area (TPSA) is 96.7 Å². The van der Waals surface area contributed by atoms with Crippen molar-refractivity contribution in [2.75, 3.05) is 0 Å². The van der Waals surface area contributed by atoms with E-state index in [9.17, 15) is 10.1 Å². The maximum atomic E-state index is 13.2. The minimum atomic E-state index is -0.774. The molecule has 1 aliphatic carbocycles. The number of aromatic nitrogens is 3. The summed E-state index contributed by atoms with van der Waals surface area (Å²) in [5, 5.41) is 17.6. The molecule has 1 aromatic carbocycles. The molecule has 3 heterocycles. The van der Waals surface area contributed by atoms with Gasteiger partial charge in [-0.05, 0) is 37.5 Å². The van der Waals surface area contributed by atoms with Crippen molar-refractivity contribution in [1.29, 1.82) is 5.26 Å². The molecular weight excluding hydrogens is 378 g/mol. The maximum absolute atomic E-state index is 13.2. The Morgan fingerprint density at radius 3 is 2.73 bits per heavy atom. The summed E-state index contributed by atoms with van der Waals surface area (Å²) >= 11 is 0. The van der Waals surface area contributed by atoms with Crippen LogP contribution in [0.3, 0.4) is 0 Å². The summed E-state index contributed by atoms with van der Waals surface area (Å²) in [5.74, 6) is 0.467. The molecular formula is C23H19N5O2. The van der Waals surface area contributed by atoms with Crippen molar-refractivity contribution in [2.24, 2.45) is 0 Å². The predicted octanol–water partition coefficient (Wildman–Crippen LogP) is 3.92. The van der Waals surface area contributed by atoms with Gasteiger partial charge in [-0.3, -0.25) is 4.79 Å². The Hall–Kier alpha value is -3.92. The van der Waals surface area contributed by atoms with E-state index in [0.717, 1.165) is 17.7 Å². The lowest BCUT2D eigenvalue weighted by Crippen LogP contribution is -2.52. The molecule has 1 aliphatic rings. The van der Waals surface area contributed by atoms with Crippen molar-refractivity contribution < 1.29 is 9.21 Å². The van der Waals surface area contributed by atoms with E-state index in [1.165, 1.54) is 0 Å². The van der Waals surface area contributed by atoms with E-state index in [1.807, 2.05) is 42.5 Å². The van der Waals surface area contributed by atoms with Gasteiger partial charge in [0.1, 0.15) is 17.8 Å². The zero-order valence-electron chi connectivity index (χ0n) is 16.2. The summed E-state index contributed by atoms with van der Waals surface area (Å²) in [7, 11) is 0. The van der Waals surface area contributed by atoms with Crippen LogP contribution in [0, 0.1) is 11.3 Å². The van der Waals surface area contributed by atoms with Gasteiger partial charge in [-0.15, -0.1) is 0 Å². The van der Waals surface area contributed by atoms with Crippen LogP contribution < -0.4 is 5.32 Å². The molecule has 0 radical (unpaired) electrons. The molecule has 7 nitrogen and oxygen atoms in total. The number of carbonyl (C=O) groups is 1. The number of carbonyl (C=O) groups excluding carboxylic acids is 1. The SMILES string of the molecule is N#CC1(NC(=O)c2cc(-c3ccccc3)nc3c2cnn3Cc2ccco2)CCC1. The molecule has 1 amide bonds. The molecule has 30 heavy (non-hydrogen) atoms. The van der Waals surface area contributed by atoms with Crippen LogP contribution in [0.25, 0.3) is 22.3 Å². The van der Waals surface area contributed by atoms with Crippen molar-refractivity contribution in [2.45, 2.75) is 31.3 Å². The molecule has 0 spiro atoms. The predicted molar refractivity (Wildman–Crippen MR) is 110 cm³/mol. The number of rotatable bonds is 5. The molecule has 4 aromatic rings. The molecule has 0 bridgehead atoms. The highest BCUT2D eigenvalue weighted by molar-refractivity contribution is 6.07. The first-order chi connectivity index (χ1) is 14.7. The minimum absolute atomic E-state index is 0.279. The lowest BCUT2D eigenvalue weighted by atomic mass is 9.78. The molecule has 0 saturated heterocycles. The van der Waals surface area contributed by atoms with E-state index >= 15 is 0 Å². The molecule has 0 aliphatic heterocycles. The van der Waals surface area contributed by atoms with Gasteiger partial charge in [-0.25, -0.2) is 9.67 Å². The van der Waals surface area contributed by atoms with Crippen LogP contribution in [0.1, 0.15) is 35.4 Å². The van der Waals surface area contributed by atoms with Crippen LogP contribution in [0.2, 0.25) is 0 Å². The zero-order valence-corrected chi connectivity index (χ0v) is 16.2. The van der Waals surface area contributed by atoms with Crippen LogP contribution in [-0.4, -0.2) is 26.2 Å².